The van der Waals surface area contributed by atoms with Gasteiger partial charge in [0.05, 0.1) is 34.2 Å². The third-order valence-corrected chi connectivity index (χ3v) is 4.76. The Balaban J connectivity index is 2.11. The van der Waals surface area contributed by atoms with Gasteiger partial charge in [-0.15, -0.1) is 0 Å². The Morgan fingerprint density at radius 3 is 2.76 bits per heavy atom. The molecule has 0 atom stereocenters. The van der Waals surface area contributed by atoms with E-state index in [1.165, 1.54) is 22.7 Å². The van der Waals surface area contributed by atoms with Gasteiger partial charge in [-0.3, -0.25) is 14.5 Å². The van der Waals surface area contributed by atoms with Gasteiger partial charge in [0.15, 0.2) is 0 Å². The number of amides is 2. The molecular formula is C17H19ClN2O4S. The molecule has 8 heteroatoms. The van der Waals surface area contributed by atoms with Crippen LogP contribution >= 0.6 is 23.4 Å². The molecule has 1 saturated heterocycles. The molecule has 1 N–H and O–H groups in total. The summed E-state index contributed by atoms with van der Waals surface area (Å²) in [5.41, 5.74) is 2.35. The number of hydrogen-bond donors (Lipinski definition) is 1. The summed E-state index contributed by atoms with van der Waals surface area (Å²) in [5, 5.41) is 3.58. The van der Waals surface area contributed by atoms with Crippen LogP contribution in [0.5, 0.6) is 0 Å². The van der Waals surface area contributed by atoms with Gasteiger partial charge in [0.25, 0.3) is 0 Å². The van der Waals surface area contributed by atoms with Crippen molar-refractivity contribution in [2.45, 2.75) is 20.8 Å². The third kappa shape index (κ3) is 4.99. The van der Waals surface area contributed by atoms with Crippen LogP contribution in [0.25, 0.3) is 0 Å². The molecule has 1 heterocycles. The fourth-order valence-corrected chi connectivity index (χ4v) is 3.68. The van der Waals surface area contributed by atoms with Gasteiger partial charge in [-0.05, 0) is 38.0 Å². The highest BCUT2D eigenvalue weighted by atomic mass is 35.5. The lowest BCUT2D eigenvalue weighted by Gasteiger charge is -2.18. The molecule has 0 radical (unpaired) electrons. The number of rotatable bonds is 5. The Morgan fingerprint density at radius 2 is 2.12 bits per heavy atom. The fraction of sp³-hybridized carbons (Fsp3) is 0.353. The maximum Gasteiger partial charge on any atom is 0.333 e. The van der Waals surface area contributed by atoms with Gasteiger partial charge >= 0.3 is 5.97 Å². The molecule has 1 fully saturated rings. The van der Waals surface area contributed by atoms with E-state index in [9.17, 15) is 14.4 Å². The van der Waals surface area contributed by atoms with Crippen molar-refractivity contribution in [1.82, 2.24) is 4.90 Å². The van der Waals surface area contributed by atoms with E-state index >= 15 is 0 Å². The van der Waals surface area contributed by atoms with Crippen LogP contribution in [0.2, 0.25) is 5.02 Å². The van der Waals surface area contributed by atoms with Crippen molar-refractivity contribution >= 4 is 46.8 Å². The van der Waals surface area contributed by atoms with Crippen LogP contribution in [0, 0.1) is 13.8 Å². The molecule has 2 amide bonds. The number of halogens is 1. The van der Waals surface area contributed by atoms with Gasteiger partial charge in [0.1, 0.15) is 6.54 Å². The summed E-state index contributed by atoms with van der Waals surface area (Å²) in [6.07, 6.45) is 1.23. The average molecular weight is 383 g/mol. The molecule has 1 aliphatic heterocycles. The fourth-order valence-electron chi connectivity index (χ4n) is 2.38. The molecule has 134 valence electrons. The van der Waals surface area contributed by atoms with Gasteiger partial charge < -0.3 is 10.1 Å². The van der Waals surface area contributed by atoms with Crippen molar-refractivity contribution in [2.24, 2.45) is 0 Å². The molecule has 1 aliphatic rings. The van der Waals surface area contributed by atoms with E-state index in [2.05, 4.69) is 5.32 Å². The quantitative estimate of drug-likeness (QED) is 0.626. The van der Waals surface area contributed by atoms with E-state index < -0.39 is 5.97 Å². The number of thioether (sulfide) groups is 1. The Morgan fingerprint density at radius 1 is 1.40 bits per heavy atom. The molecule has 2 rings (SSSR count). The number of esters is 1. The van der Waals surface area contributed by atoms with Crippen LogP contribution < -0.4 is 5.32 Å². The first kappa shape index (κ1) is 19.3. The summed E-state index contributed by atoms with van der Waals surface area (Å²) < 4.78 is 4.85. The van der Waals surface area contributed by atoms with Gasteiger partial charge in [0.2, 0.25) is 11.8 Å². The average Bonchev–Trinajstić information content (AvgIpc) is 2.84. The Bertz CT molecular complexity index is 725. The molecule has 0 unspecified atom stereocenters. The summed E-state index contributed by atoms with van der Waals surface area (Å²) in [6, 6.07) is 3.66. The number of aryl methyl sites for hydroxylation is 2. The molecule has 0 saturated carbocycles. The number of ether oxygens (including phenoxy) is 1. The molecule has 1 aromatic carbocycles. The van der Waals surface area contributed by atoms with E-state index in [-0.39, 0.29) is 30.7 Å². The topological polar surface area (TPSA) is 75.7 Å². The largest absolute Gasteiger partial charge is 0.463 e. The second-order valence-corrected chi connectivity index (χ2v) is 6.89. The maximum absolute atomic E-state index is 12.3. The zero-order valence-corrected chi connectivity index (χ0v) is 15.8. The number of nitrogens with zero attached hydrogens (tertiary/aromatic N) is 1. The van der Waals surface area contributed by atoms with Crippen LogP contribution in [-0.2, 0) is 19.1 Å². The Labute approximate surface area is 155 Å². The first-order valence-corrected chi connectivity index (χ1v) is 9.06. The summed E-state index contributed by atoms with van der Waals surface area (Å²) in [4.78, 5) is 37.2. The van der Waals surface area contributed by atoms with Crippen molar-refractivity contribution in [2.75, 3.05) is 24.2 Å². The van der Waals surface area contributed by atoms with Gasteiger partial charge in [-0.1, -0.05) is 29.4 Å². The Kier molecular flexibility index (Phi) is 6.50. The first-order chi connectivity index (χ1) is 11.8. The number of hydrogen-bond acceptors (Lipinski definition) is 5. The molecule has 0 aliphatic carbocycles. The van der Waals surface area contributed by atoms with Crippen molar-refractivity contribution < 1.29 is 19.1 Å². The number of benzene rings is 1. The Hall–Kier alpha value is -1.99. The molecule has 25 heavy (non-hydrogen) atoms. The van der Waals surface area contributed by atoms with E-state index in [1.54, 1.807) is 13.0 Å². The van der Waals surface area contributed by atoms with Gasteiger partial charge in [-0.25, -0.2) is 4.79 Å². The van der Waals surface area contributed by atoms with Crippen LogP contribution in [0.4, 0.5) is 5.69 Å². The normalized spacial score (nSPS) is 15.6. The number of carbonyl (C=O) groups excluding carboxylic acids is 3. The minimum Gasteiger partial charge on any atom is -0.463 e. The molecule has 0 bridgehead atoms. The highest BCUT2D eigenvalue weighted by molar-refractivity contribution is 8.04. The highest BCUT2D eigenvalue weighted by Gasteiger charge is 2.29. The van der Waals surface area contributed by atoms with Crippen LogP contribution in [0.3, 0.4) is 0 Å². The van der Waals surface area contributed by atoms with E-state index in [4.69, 9.17) is 16.3 Å². The lowest BCUT2D eigenvalue weighted by molar-refractivity contribution is -0.137. The predicted molar refractivity (Wildman–Crippen MR) is 98.4 cm³/mol. The second kappa shape index (κ2) is 8.40. The smallest absolute Gasteiger partial charge is 0.333 e. The monoisotopic (exact) mass is 382 g/mol. The summed E-state index contributed by atoms with van der Waals surface area (Å²) in [6.45, 7) is 5.50. The second-order valence-electron chi connectivity index (χ2n) is 5.49. The molecule has 0 spiro atoms. The molecule has 0 aromatic heterocycles. The minimum absolute atomic E-state index is 0.183. The van der Waals surface area contributed by atoms with Crippen molar-refractivity contribution in [3.8, 4) is 0 Å². The van der Waals surface area contributed by atoms with E-state index in [0.29, 0.717) is 15.7 Å². The minimum atomic E-state index is -0.539. The summed E-state index contributed by atoms with van der Waals surface area (Å²) in [5.74, 6) is -0.979. The summed E-state index contributed by atoms with van der Waals surface area (Å²) >= 11 is 7.38. The lowest BCUT2D eigenvalue weighted by atomic mass is 10.1. The zero-order chi connectivity index (χ0) is 18.6. The SMILES string of the molecule is CCOC(=O)/C=C1\SCC(=O)N1CC(=O)Nc1c(C)cc(C)cc1Cl. The standard InChI is InChI=1S/C17H19ClN2O4S/c1-4-24-16(23)7-15-20(14(22)9-25-15)8-13(21)19-17-11(3)5-10(2)6-12(17)18/h5-7H,4,8-9H2,1-3H3,(H,19,21)/b15-7-. The summed E-state index contributed by atoms with van der Waals surface area (Å²) in [7, 11) is 0. The zero-order valence-electron chi connectivity index (χ0n) is 14.2. The number of anilines is 1. The van der Waals surface area contributed by atoms with Crippen molar-refractivity contribution in [3.05, 3.63) is 39.4 Å². The highest BCUT2D eigenvalue weighted by Crippen LogP contribution is 2.30. The van der Waals surface area contributed by atoms with Crippen LogP contribution in [0.15, 0.2) is 23.2 Å². The van der Waals surface area contributed by atoms with E-state index in [1.807, 2.05) is 19.9 Å². The lowest BCUT2D eigenvalue weighted by Crippen LogP contribution is -2.34. The maximum atomic E-state index is 12.3. The predicted octanol–water partition coefficient (Wildman–Crippen LogP) is 2.88. The van der Waals surface area contributed by atoms with Gasteiger partial charge in [0, 0.05) is 0 Å². The van der Waals surface area contributed by atoms with Crippen molar-refractivity contribution in [3.63, 3.8) is 0 Å². The van der Waals surface area contributed by atoms with Crippen LogP contribution in [0.1, 0.15) is 18.1 Å². The third-order valence-electron chi connectivity index (χ3n) is 3.44. The molecule has 6 nitrogen and oxygen atoms in total. The van der Waals surface area contributed by atoms with Gasteiger partial charge in [-0.2, -0.15) is 0 Å². The molecule has 1 aromatic rings. The number of nitrogens with one attached hydrogen (secondary N) is 1. The molecular weight excluding hydrogens is 364 g/mol. The van der Waals surface area contributed by atoms with Crippen molar-refractivity contribution in [1.29, 1.82) is 0 Å². The van der Waals surface area contributed by atoms with E-state index in [0.717, 1.165) is 11.1 Å². The number of carbonyl (C=O) groups is 3. The van der Waals surface area contributed by atoms with Crippen LogP contribution in [-0.4, -0.2) is 41.6 Å². The first-order valence-electron chi connectivity index (χ1n) is 7.70.